The number of hydrogen-bond acceptors (Lipinski definition) is 3. The molecule has 0 amide bonds. The van der Waals surface area contributed by atoms with Crippen LogP contribution in [0.2, 0.25) is 0 Å². The fourth-order valence-electron chi connectivity index (χ4n) is 3.17. The van der Waals surface area contributed by atoms with E-state index in [2.05, 4.69) is 12.1 Å². The number of aryl methyl sites for hydroxylation is 1. The Balaban J connectivity index is 2.01. The zero-order valence-corrected chi connectivity index (χ0v) is 11.1. The molecule has 3 nitrogen and oxygen atoms in total. The highest BCUT2D eigenvalue weighted by atomic mass is 16.6. The van der Waals surface area contributed by atoms with Gasteiger partial charge in [0.2, 0.25) is 0 Å². The molecule has 1 aromatic rings. The van der Waals surface area contributed by atoms with Gasteiger partial charge in [-0.05, 0) is 37.3 Å². The first-order valence-electron chi connectivity index (χ1n) is 6.88. The van der Waals surface area contributed by atoms with Crippen molar-refractivity contribution in [2.45, 2.75) is 38.2 Å². The predicted molar refractivity (Wildman–Crippen MR) is 71.5 cm³/mol. The molecule has 1 unspecified atom stereocenters. The molecule has 0 bridgehead atoms. The molecule has 1 aliphatic heterocycles. The number of esters is 1. The monoisotopic (exact) mass is 258 g/mol. The first kappa shape index (κ1) is 12.3. The number of rotatable bonds is 2. The van der Waals surface area contributed by atoms with Crippen LogP contribution in [0.3, 0.4) is 0 Å². The van der Waals surface area contributed by atoms with Crippen LogP contribution in [0, 0.1) is 0 Å². The summed E-state index contributed by atoms with van der Waals surface area (Å²) in [5.41, 5.74) is 1.93. The lowest BCUT2D eigenvalue weighted by Gasteiger charge is -2.40. The van der Waals surface area contributed by atoms with E-state index in [0.29, 0.717) is 13.0 Å². The Labute approximate surface area is 113 Å². The van der Waals surface area contributed by atoms with Gasteiger partial charge in [-0.3, -0.25) is 0 Å². The molecule has 0 N–H and O–H groups in total. The number of ether oxygens (including phenoxy) is 2. The van der Waals surface area contributed by atoms with Crippen LogP contribution in [0.25, 0.3) is 0 Å². The van der Waals surface area contributed by atoms with Gasteiger partial charge in [0.15, 0.2) is 0 Å². The van der Waals surface area contributed by atoms with E-state index in [1.54, 1.807) is 0 Å². The van der Waals surface area contributed by atoms with Crippen LogP contribution >= 0.6 is 0 Å². The number of benzene rings is 1. The van der Waals surface area contributed by atoms with Gasteiger partial charge in [-0.15, -0.1) is 0 Å². The van der Waals surface area contributed by atoms with Crippen molar-refractivity contribution in [2.75, 3.05) is 6.61 Å². The molecule has 2 aliphatic rings. The molecular formula is C16H18O3. The minimum atomic E-state index is -0.509. The molecule has 19 heavy (non-hydrogen) atoms. The largest absolute Gasteiger partial charge is 0.498 e. The Morgan fingerprint density at radius 1 is 1.37 bits per heavy atom. The Bertz CT molecular complexity index is 533. The third-order valence-electron chi connectivity index (χ3n) is 3.90. The highest BCUT2D eigenvalue weighted by Gasteiger charge is 2.43. The Kier molecular flexibility index (Phi) is 3.05. The van der Waals surface area contributed by atoms with Gasteiger partial charge < -0.3 is 9.47 Å². The third-order valence-corrected chi connectivity index (χ3v) is 3.90. The van der Waals surface area contributed by atoms with Crippen LogP contribution in [0.15, 0.2) is 36.1 Å². The number of carbonyl (C=O) groups excluding carboxylic acids is 1. The van der Waals surface area contributed by atoms with E-state index < -0.39 is 5.60 Å². The maximum atomic E-state index is 11.9. The van der Waals surface area contributed by atoms with Crippen molar-refractivity contribution in [1.82, 2.24) is 0 Å². The topological polar surface area (TPSA) is 35.5 Å². The SMILES string of the molecule is CCOC1=CC(=O)OC2(CCCc3ccccc32)C1. The summed E-state index contributed by atoms with van der Waals surface area (Å²) in [6.45, 7) is 2.51. The van der Waals surface area contributed by atoms with Crippen molar-refractivity contribution in [3.63, 3.8) is 0 Å². The Morgan fingerprint density at radius 2 is 2.21 bits per heavy atom. The summed E-state index contributed by atoms with van der Waals surface area (Å²) in [5.74, 6) is 0.460. The summed E-state index contributed by atoms with van der Waals surface area (Å²) in [7, 11) is 0. The van der Waals surface area contributed by atoms with Gasteiger partial charge in [0.1, 0.15) is 11.4 Å². The zero-order valence-electron chi connectivity index (χ0n) is 11.1. The lowest BCUT2D eigenvalue weighted by molar-refractivity contribution is -0.161. The summed E-state index contributed by atoms with van der Waals surface area (Å²) in [5, 5.41) is 0. The normalized spacial score (nSPS) is 25.5. The lowest BCUT2D eigenvalue weighted by atomic mass is 9.76. The summed E-state index contributed by atoms with van der Waals surface area (Å²) in [6.07, 6.45) is 5.11. The summed E-state index contributed by atoms with van der Waals surface area (Å²) < 4.78 is 11.3. The first-order valence-corrected chi connectivity index (χ1v) is 6.88. The Hall–Kier alpha value is -1.77. The zero-order chi connectivity index (χ0) is 13.3. The number of fused-ring (bicyclic) bond motifs is 2. The fraction of sp³-hybridized carbons (Fsp3) is 0.438. The van der Waals surface area contributed by atoms with E-state index in [9.17, 15) is 4.79 Å². The van der Waals surface area contributed by atoms with Crippen LogP contribution in [-0.4, -0.2) is 12.6 Å². The van der Waals surface area contributed by atoms with Crippen molar-refractivity contribution in [2.24, 2.45) is 0 Å². The van der Waals surface area contributed by atoms with Crippen molar-refractivity contribution >= 4 is 5.97 Å². The summed E-state index contributed by atoms with van der Waals surface area (Å²) >= 11 is 0. The Morgan fingerprint density at radius 3 is 3.05 bits per heavy atom. The van der Waals surface area contributed by atoms with Gasteiger partial charge in [-0.1, -0.05) is 24.3 Å². The summed E-state index contributed by atoms with van der Waals surface area (Å²) in [6, 6.07) is 8.26. The highest BCUT2D eigenvalue weighted by Crippen LogP contribution is 2.44. The molecule has 0 saturated heterocycles. The van der Waals surface area contributed by atoms with Crippen molar-refractivity contribution < 1.29 is 14.3 Å². The van der Waals surface area contributed by atoms with Crippen molar-refractivity contribution in [3.8, 4) is 0 Å². The van der Waals surface area contributed by atoms with Gasteiger partial charge in [0.05, 0.1) is 12.7 Å². The number of hydrogen-bond donors (Lipinski definition) is 0. The van der Waals surface area contributed by atoms with E-state index in [1.807, 2.05) is 19.1 Å². The molecule has 0 radical (unpaired) electrons. The van der Waals surface area contributed by atoms with Crippen LogP contribution in [0.4, 0.5) is 0 Å². The van der Waals surface area contributed by atoms with Gasteiger partial charge in [-0.25, -0.2) is 4.79 Å². The second-order valence-electron chi connectivity index (χ2n) is 5.15. The maximum absolute atomic E-state index is 11.9. The van der Waals surface area contributed by atoms with E-state index in [-0.39, 0.29) is 5.97 Å². The molecule has 1 atom stereocenters. The lowest BCUT2D eigenvalue weighted by Crippen LogP contribution is -2.39. The van der Waals surface area contributed by atoms with Gasteiger partial charge >= 0.3 is 5.97 Å². The van der Waals surface area contributed by atoms with Crippen LogP contribution in [-0.2, 0) is 26.3 Å². The van der Waals surface area contributed by atoms with E-state index in [1.165, 1.54) is 11.6 Å². The molecule has 3 rings (SSSR count). The van der Waals surface area contributed by atoms with E-state index >= 15 is 0 Å². The average molecular weight is 258 g/mol. The minimum Gasteiger partial charge on any atom is -0.498 e. The molecule has 0 fully saturated rings. The predicted octanol–water partition coefficient (Wildman–Crippen LogP) is 3.09. The number of carbonyl (C=O) groups is 1. The molecular weight excluding hydrogens is 240 g/mol. The smallest absolute Gasteiger partial charge is 0.335 e. The molecule has 3 heteroatoms. The van der Waals surface area contributed by atoms with Gasteiger partial charge in [0, 0.05) is 6.42 Å². The highest BCUT2D eigenvalue weighted by molar-refractivity contribution is 5.84. The van der Waals surface area contributed by atoms with E-state index in [0.717, 1.165) is 30.6 Å². The second-order valence-corrected chi connectivity index (χ2v) is 5.15. The fourth-order valence-corrected chi connectivity index (χ4v) is 3.17. The van der Waals surface area contributed by atoms with E-state index in [4.69, 9.17) is 9.47 Å². The minimum absolute atomic E-state index is 0.286. The molecule has 0 saturated carbocycles. The van der Waals surface area contributed by atoms with Gasteiger partial charge in [0.25, 0.3) is 0 Å². The van der Waals surface area contributed by atoms with Crippen LogP contribution < -0.4 is 0 Å². The van der Waals surface area contributed by atoms with Gasteiger partial charge in [-0.2, -0.15) is 0 Å². The molecule has 1 spiro atoms. The average Bonchev–Trinajstić information content (AvgIpc) is 2.39. The summed E-state index contributed by atoms with van der Waals surface area (Å²) in [4.78, 5) is 11.9. The third kappa shape index (κ3) is 2.14. The molecule has 1 aromatic carbocycles. The molecule has 100 valence electrons. The van der Waals surface area contributed by atoms with Crippen molar-refractivity contribution in [1.29, 1.82) is 0 Å². The standard InChI is InChI=1S/C16H18O3/c1-2-18-13-10-15(17)19-16(11-13)9-5-7-12-6-3-4-8-14(12)16/h3-4,6,8,10H,2,5,7,9,11H2,1H3. The van der Waals surface area contributed by atoms with Crippen molar-refractivity contribution in [3.05, 3.63) is 47.2 Å². The molecule has 1 heterocycles. The second kappa shape index (κ2) is 4.72. The maximum Gasteiger partial charge on any atom is 0.335 e. The molecule has 1 aliphatic carbocycles. The first-order chi connectivity index (χ1) is 9.23. The quantitative estimate of drug-likeness (QED) is 0.765. The molecule has 0 aromatic heterocycles. The van der Waals surface area contributed by atoms with Crippen LogP contribution in [0.5, 0.6) is 0 Å². The van der Waals surface area contributed by atoms with Crippen LogP contribution in [0.1, 0.15) is 37.3 Å².